The lowest BCUT2D eigenvalue weighted by atomic mass is 10.0. The van der Waals surface area contributed by atoms with Crippen LogP contribution in [-0.4, -0.2) is 6.26 Å². The van der Waals surface area contributed by atoms with Gasteiger partial charge in [-0.25, -0.2) is 0 Å². The van der Waals surface area contributed by atoms with Gasteiger partial charge >= 0.3 is 0 Å². The maximum atomic E-state index is 2.22. The molecule has 0 aromatic heterocycles. The third-order valence-corrected chi connectivity index (χ3v) is 2.53. The first-order valence-corrected chi connectivity index (χ1v) is 7.10. The maximum Gasteiger partial charge on any atom is 0.00693 e. The molecule has 0 aliphatic rings. The van der Waals surface area contributed by atoms with E-state index in [9.17, 15) is 0 Å². The average Bonchev–Trinajstić information content (AvgIpc) is 2.34. The third-order valence-electron chi connectivity index (χ3n) is 1.78. The van der Waals surface area contributed by atoms with Crippen LogP contribution in [0, 0.1) is 0 Å². The second-order valence-corrected chi connectivity index (χ2v) is 3.81. The molecule has 0 atom stereocenters. The molecule has 1 heteroatoms. The Morgan fingerprint density at radius 1 is 0.867 bits per heavy atom. The van der Waals surface area contributed by atoms with Gasteiger partial charge in [-0.15, -0.1) is 11.8 Å². The van der Waals surface area contributed by atoms with Crippen LogP contribution in [0.1, 0.15) is 53.0 Å². The number of benzene rings is 1. The summed E-state index contributed by atoms with van der Waals surface area (Å²) >= 11 is 1.79. The molecule has 0 amide bonds. The number of rotatable bonds is 2. The molecule has 1 aromatic carbocycles. The largest absolute Gasteiger partial charge is 0.130 e. The molecular weight excluding hydrogens is 200 g/mol. The molecule has 0 nitrogen and oxygen atoms in total. The van der Waals surface area contributed by atoms with E-state index >= 15 is 0 Å². The van der Waals surface area contributed by atoms with E-state index in [4.69, 9.17) is 0 Å². The predicted molar refractivity (Wildman–Crippen MR) is 75.0 cm³/mol. The molecule has 1 rings (SSSR count). The minimum Gasteiger partial charge on any atom is -0.130 e. The third kappa shape index (κ3) is 7.49. The van der Waals surface area contributed by atoms with Gasteiger partial charge in [-0.1, -0.05) is 53.7 Å². The lowest BCUT2D eigenvalue weighted by Crippen LogP contribution is -1.85. The molecule has 0 aliphatic carbocycles. The number of hydrogen-bond donors (Lipinski definition) is 0. The zero-order valence-corrected chi connectivity index (χ0v) is 12.1. The van der Waals surface area contributed by atoms with Gasteiger partial charge in [0, 0.05) is 4.90 Å². The van der Waals surface area contributed by atoms with Crippen LogP contribution in [0.3, 0.4) is 0 Å². The molecule has 1 aromatic rings. The van der Waals surface area contributed by atoms with Crippen LogP contribution in [0.4, 0.5) is 0 Å². The SMILES string of the molecule is CC.CC.CSc1ccc(C(C)C)cc1. The highest BCUT2D eigenvalue weighted by Crippen LogP contribution is 2.19. The van der Waals surface area contributed by atoms with Gasteiger partial charge in [0.25, 0.3) is 0 Å². The van der Waals surface area contributed by atoms with Crippen molar-refractivity contribution in [1.29, 1.82) is 0 Å². The van der Waals surface area contributed by atoms with Crippen LogP contribution >= 0.6 is 11.8 Å². The van der Waals surface area contributed by atoms with Crippen molar-refractivity contribution in [2.45, 2.75) is 52.4 Å². The van der Waals surface area contributed by atoms with Gasteiger partial charge < -0.3 is 0 Å². The van der Waals surface area contributed by atoms with E-state index in [2.05, 4.69) is 44.4 Å². The summed E-state index contributed by atoms with van der Waals surface area (Å²) in [6.07, 6.45) is 2.10. The lowest BCUT2D eigenvalue weighted by Gasteiger charge is -2.04. The molecule has 0 aliphatic heterocycles. The summed E-state index contributed by atoms with van der Waals surface area (Å²) in [7, 11) is 0. The summed E-state index contributed by atoms with van der Waals surface area (Å²) in [4.78, 5) is 1.34. The number of hydrogen-bond acceptors (Lipinski definition) is 1. The first-order chi connectivity index (χ1) is 7.24. The Hall–Kier alpha value is -0.430. The quantitative estimate of drug-likeness (QED) is 0.593. The summed E-state index contributed by atoms with van der Waals surface area (Å²) in [5.74, 6) is 0.644. The van der Waals surface area contributed by atoms with Crippen molar-refractivity contribution in [1.82, 2.24) is 0 Å². The van der Waals surface area contributed by atoms with Crippen LogP contribution in [0.2, 0.25) is 0 Å². The molecule has 0 saturated carbocycles. The Labute approximate surface area is 100 Å². The Morgan fingerprint density at radius 2 is 1.27 bits per heavy atom. The average molecular weight is 226 g/mol. The van der Waals surface area contributed by atoms with Crippen molar-refractivity contribution in [3.63, 3.8) is 0 Å². The molecule has 88 valence electrons. The molecule has 15 heavy (non-hydrogen) atoms. The number of thioether (sulfide) groups is 1. The Balaban J connectivity index is 0. The summed E-state index contributed by atoms with van der Waals surface area (Å²) in [6.45, 7) is 12.4. The van der Waals surface area contributed by atoms with E-state index in [-0.39, 0.29) is 0 Å². The van der Waals surface area contributed by atoms with Gasteiger partial charge in [0.15, 0.2) is 0 Å². The fourth-order valence-corrected chi connectivity index (χ4v) is 1.40. The highest BCUT2D eigenvalue weighted by Gasteiger charge is 1.96. The Bertz CT molecular complexity index is 211. The van der Waals surface area contributed by atoms with Crippen molar-refractivity contribution < 1.29 is 0 Å². The molecule has 0 heterocycles. The molecule has 0 spiro atoms. The van der Waals surface area contributed by atoms with E-state index in [0.29, 0.717) is 5.92 Å². The summed E-state index contributed by atoms with van der Waals surface area (Å²) in [5, 5.41) is 0. The monoisotopic (exact) mass is 226 g/mol. The smallest absolute Gasteiger partial charge is 0.00693 e. The molecule has 0 fully saturated rings. The van der Waals surface area contributed by atoms with Crippen molar-refractivity contribution in [3.8, 4) is 0 Å². The normalized spacial score (nSPS) is 8.53. The zero-order valence-electron chi connectivity index (χ0n) is 11.3. The minimum atomic E-state index is 0.644. The van der Waals surface area contributed by atoms with Crippen LogP contribution in [0.25, 0.3) is 0 Å². The summed E-state index contributed by atoms with van der Waals surface area (Å²) < 4.78 is 0. The van der Waals surface area contributed by atoms with Gasteiger partial charge in [-0.05, 0) is 29.9 Å². The molecule has 0 N–H and O–H groups in total. The standard InChI is InChI=1S/C10H14S.2C2H6/c1-8(2)9-4-6-10(11-3)7-5-9;2*1-2/h4-8H,1-3H3;2*1-2H3. The van der Waals surface area contributed by atoms with E-state index in [1.54, 1.807) is 11.8 Å². The molecule has 0 unspecified atom stereocenters. The summed E-state index contributed by atoms with van der Waals surface area (Å²) in [5.41, 5.74) is 1.42. The Kier molecular flexibility index (Phi) is 13.2. The van der Waals surface area contributed by atoms with Gasteiger partial charge in [0.1, 0.15) is 0 Å². The van der Waals surface area contributed by atoms with Crippen molar-refractivity contribution in [3.05, 3.63) is 29.8 Å². The van der Waals surface area contributed by atoms with Crippen LogP contribution in [0.5, 0.6) is 0 Å². The fourth-order valence-electron chi connectivity index (χ4n) is 0.989. The van der Waals surface area contributed by atoms with Crippen LogP contribution in [-0.2, 0) is 0 Å². The second kappa shape index (κ2) is 11.6. The minimum absolute atomic E-state index is 0.644. The first-order valence-electron chi connectivity index (χ1n) is 5.88. The second-order valence-electron chi connectivity index (χ2n) is 2.93. The summed E-state index contributed by atoms with van der Waals surface area (Å²) in [6, 6.07) is 8.77. The Morgan fingerprint density at radius 3 is 1.53 bits per heavy atom. The first kappa shape index (κ1) is 17.0. The lowest BCUT2D eigenvalue weighted by molar-refractivity contribution is 0.865. The van der Waals surface area contributed by atoms with E-state index in [1.165, 1.54) is 10.5 Å². The maximum absolute atomic E-state index is 2.22. The van der Waals surface area contributed by atoms with Gasteiger partial charge in [0.2, 0.25) is 0 Å². The highest BCUT2D eigenvalue weighted by molar-refractivity contribution is 7.98. The predicted octanol–water partition coefficient (Wildman–Crippen LogP) is 5.58. The topological polar surface area (TPSA) is 0 Å². The fraction of sp³-hybridized carbons (Fsp3) is 0.571. The van der Waals surface area contributed by atoms with Crippen molar-refractivity contribution in [2.24, 2.45) is 0 Å². The van der Waals surface area contributed by atoms with E-state index in [0.717, 1.165) is 0 Å². The van der Waals surface area contributed by atoms with Crippen molar-refractivity contribution in [2.75, 3.05) is 6.26 Å². The zero-order chi connectivity index (χ0) is 12.3. The van der Waals surface area contributed by atoms with Crippen LogP contribution in [0.15, 0.2) is 29.2 Å². The molecule has 0 bridgehead atoms. The highest BCUT2D eigenvalue weighted by atomic mass is 32.2. The van der Waals surface area contributed by atoms with Gasteiger partial charge in [0.05, 0.1) is 0 Å². The van der Waals surface area contributed by atoms with Gasteiger partial charge in [-0.3, -0.25) is 0 Å². The molecule has 0 radical (unpaired) electrons. The molecule has 0 saturated heterocycles. The van der Waals surface area contributed by atoms with Gasteiger partial charge in [-0.2, -0.15) is 0 Å². The van der Waals surface area contributed by atoms with Crippen LogP contribution < -0.4 is 0 Å². The van der Waals surface area contributed by atoms with E-state index in [1.807, 2.05) is 27.7 Å². The molecular formula is C14H26S. The van der Waals surface area contributed by atoms with Crippen molar-refractivity contribution >= 4 is 11.8 Å². The van der Waals surface area contributed by atoms with E-state index < -0.39 is 0 Å².